The fraction of sp³-hybridized carbons (Fsp3) is 0.650. The maximum Gasteiger partial charge on any atom is 0.220 e. The van der Waals surface area contributed by atoms with Crippen molar-refractivity contribution >= 4 is 5.91 Å². The van der Waals surface area contributed by atoms with Gasteiger partial charge in [-0.15, -0.1) is 0 Å². The molecule has 0 bridgehead atoms. The molecule has 134 valence electrons. The van der Waals surface area contributed by atoms with Crippen molar-refractivity contribution in [3.8, 4) is 0 Å². The van der Waals surface area contributed by atoms with Crippen LogP contribution in [0.1, 0.15) is 45.6 Å². The Hall–Kier alpha value is -1.42. The molecule has 0 saturated carbocycles. The van der Waals surface area contributed by atoms with E-state index in [1.54, 1.807) is 12.1 Å². The van der Waals surface area contributed by atoms with Gasteiger partial charge in [0.15, 0.2) is 0 Å². The summed E-state index contributed by atoms with van der Waals surface area (Å²) < 4.78 is 13.0. The molecular weight excluding hydrogens is 303 g/mol. The fourth-order valence-electron chi connectivity index (χ4n) is 3.42. The largest absolute Gasteiger partial charge is 0.353 e. The van der Waals surface area contributed by atoms with Gasteiger partial charge in [-0.2, -0.15) is 0 Å². The van der Waals surface area contributed by atoms with E-state index >= 15 is 0 Å². The molecule has 0 spiro atoms. The van der Waals surface area contributed by atoms with Crippen LogP contribution >= 0.6 is 0 Å². The second-order valence-electron chi connectivity index (χ2n) is 7.54. The van der Waals surface area contributed by atoms with Crippen molar-refractivity contribution in [2.45, 2.75) is 52.5 Å². The van der Waals surface area contributed by atoms with Crippen molar-refractivity contribution in [3.63, 3.8) is 0 Å². The van der Waals surface area contributed by atoms with Gasteiger partial charge in [-0.3, -0.25) is 4.79 Å². The maximum absolute atomic E-state index is 13.0. The number of amides is 1. The van der Waals surface area contributed by atoms with E-state index in [0.29, 0.717) is 24.2 Å². The number of piperidine rings is 1. The normalized spacial score (nSPS) is 20.6. The lowest BCUT2D eigenvalue weighted by atomic mass is 9.85. The predicted molar refractivity (Wildman–Crippen MR) is 96.2 cm³/mol. The highest BCUT2D eigenvalue weighted by Gasteiger charge is 2.24. The van der Waals surface area contributed by atoms with Crippen LogP contribution in [-0.2, 0) is 11.2 Å². The molecule has 3 atom stereocenters. The van der Waals surface area contributed by atoms with Crippen molar-refractivity contribution in [3.05, 3.63) is 35.6 Å². The molecule has 1 amide bonds. The molecule has 1 aliphatic rings. The van der Waals surface area contributed by atoms with Crippen molar-refractivity contribution < 1.29 is 9.18 Å². The molecule has 1 aromatic carbocycles. The molecule has 1 fully saturated rings. The van der Waals surface area contributed by atoms with Crippen molar-refractivity contribution in [2.75, 3.05) is 13.1 Å². The Morgan fingerprint density at radius 1 is 1.29 bits per heavy atom. The van der Waals surface area contributed by atoms with Crippen LogP contribution in [0.15, 0.2) is 24.3 Å². The third kappa shape index (κ3) is 5.90. The zero-order chi connectivity index (χ0) is 17.5. The summed E-state index contributed by atoms with van der Waals surface area (Å²) in [4.78, 5) is 12.5. The second kappa shape index (κ2) is 9.16. The lowest BCUT2D eigenvalue weighted by Gasteiger charge is -2.29. The van der Waals surface area contributed by atoms with Gasteiger partial charge in [0.2, 0.25) is 5.91 Å². The van der Waals surface area contributed by atoms with Gasteiger partial charge in [0.1, 0.15) is 5.82 Å². The minimum atomic E-state index is -0.223. The molecule has 2 N–H and O–H groups in total. The number of halogens is 1. The summed E-state index contributed by atoms with van der Waals surface area (Å²) in [7, 11) is 0. The molecule has 1 heterocycles. The highest BCUT2D eigenvalue weighted by Crippen LogP contribution is 2.22. The van der Waals surface area contributed by atoms with Gasteiger partial charge in [0, 0.05) is 12.5 Å². The Bertz CT molecular complexity index is 509. The van der Waals surface area contributed by atoms with Gasteiger partial charge < -0.3 is 10.6 Å². The van der Waals surface area contributed by atoms with Crippen LogP contribution in [-0.4, -0.2) is 25.0 Å². The van der Waals surface area contributed by atoms with E-state index in [9.17, 15) is 9.18 Å². The van der Waals surface area contributed by atoms with E-state index in [1.807, 2.05) is 0 Å². The molecule has 0 aromatic heterocycles. The summed E-state index contributed by atoms with van der Waals surface area (Å²) in [6.07, 6.45) is 3.74. The van der Waals surface area contributed by atoms with Gasteiger partial charge in [-0.05, 0) is 67.8 Å². The summed E-state index contributed by atoms with van der Waals surface area (Å²) in [5, 5.41) is 6.62. The summed E-state index contributed by atoms with van der Waals surface area (Å²) in [6.45, 7) is 8.54. The van der Waals surface area contributed by atoms with Crippen LogP contribution in [0.3, 0.4) is 0 Å². The van der Waals surface area contributed by atoms with E-state index in [0.717, 1.165) is 25.1 Å². The van der Waals surface area contributed by atoms with Crippen LogP contribution in [0.5, 0.6) is 0 Å². The SMILES string of the molecule is CC(C)C(Cc1ccc(F)cc1)NC(=O)CC(C)C1CCCNC1. The number of nitrogens with one attached hydrogen (secondary N) is 2. The Morgan fingerprint density at radius 3 is 2.58 bits per heavy atom. The molecule has 2 rings (SSSR count). The van der Waals surface area contributed by atoms with E-state index in [4.69, 9.17) is 0 Å². The van der Waals surface area contributed by atoms with Gasteiger partial charge in [-0.1, -0.05) is 32.9 Å². The van der Waals surface area contributed by atoms with E-state index in [1.165, 1.54) is 25.0 Å². The second-order valence-corrected chi connectivity index (χ2v) is 7.54. The monoisotopic (exact) mass is 334 g/mol. The number of carbonyl (C=O) groups is 1. The molecule has 1 aromatic rings. The first-order valence-electron chi connectivity index (χ1n) is 9.20. The standard InChI is InChI=1S/C20H31FN2O/c1-14(2)19(12-16-6-8-18(21)9-7-16)23-20(24)11-15(3)17-5-4-10-22-13-17/h6-9,14-15,17,19,22H,4-5,10-13H2,1-3H3,(H,23,24). The minimum absolute atomic E-state index is 0.0830. The molecule has 4 heteroatoms. The van der Waals surface area contributed by atoms with Crippen LogP contribution in [0, 0.1) is 23.6 Å². The fourth-order valence-corrected chi connectivity index (χ4v) is 3.42. The summed E-state index contributed by atoms with van der Waals surface area (Å²) in [6, 6.07) is 6.64. The molecule has 1 saturated heterocycles. The first-order valence-corrected chi connectivity index (χ1v) is 9.20. The van der Waals surface area contributed by atoms with Crippen LogP contribution in [0.2, 0.25) is 0 Å². The third-order valence-electron chi connectivity index (χ3n) is 5.17. The third-order valence-corrected chi connectivity index (χ3v) is 5.17. The first kappa shape index (κ1) is 18.9. The van der Waals surface area contributed by atoms with Gasteiger partial charge in [0.25, 0.3) is 0 Å². The summed E-state index contributed by atoms with van der Waals surface area (Å²) in [5.74, 6) is 1.24. The van der Waals surface area contributed by atoms with E-state index in [-0.39, 0.29) is 17.8 Å². The Balaban J connectivity index is 1.86. The highest BCUT2D eigenvalue weighted by molar-refractivity contribution is 5.76. The molecule has 24 heavy (non-hydrogen) atoms. The quantitative estimate of drug-likeness (QED) is 0.801. The number of hydrogen-bond acceptors (Lipinski definition) is 2. The van der Waals surface area contributed by atoms with Crippen molar-refractivity contribution in [1.29, 1.82) is 0 Å². The zero-order valence-corrected chi connectivity index (χ0v) is 15.1. The van der Waals surface area contributed by atoms with Crippen LogP contribution in [0.25, 0.3) is 0 Å². The number of rotatable bonds is 7. The van der Waals surface area contributed by atoms with Crippen LogP contribution in [0.4, 0.5) is 4.39 Å². The maximum atomic E-state index is 13.0. The summed E-state index contributed by atoms with van der Waals surface area (Å²) in [5.41, 5.74) is 1.06. The van der Waals surface area contributed by atoms with Crippen molar-refractivity contribution in [1.82, 2.24) is 10.6 Å². The molecule has 1 aliphatic heterocycles. The number of carbonyl (C=O) groups excluding carboxylic acids is 1. The number of benzene rings is 1. The Kier molecular flexibility index (Phi) is 7.22. The molecule has 3 unspecified atom stereocenters. The molecular formula is C20H31FN2O. The number of hydrogen-bond donors (Lipinski definition) is 2. The first-order chi connectivity index (χ1) is 11.5. The Labute approximate surface area is 145 Å². The smallest absolute Gasteiger partial charge is 0.220 e. The van der Waals surface area contributed by atoms with Gasteiger partial charge in [-0.25, -0.2) is 4.39 Å². The average Bonchev–Trinajstić information content (AvgIpc) is 2.56. The predicted octanol–water partition coefficient (Wildman–Crippen LogP) is 3.53. The molecule has 0 radical (unpaired) electrons. The summed E-state index contributed by atoms with van der Waals surface area (Å²) >= 11 is 0. The van der Waals surface area contributed by atoms with Crippen LogP contribution < -0.4 is 10.6 Å². The van der Waals surface area contributed by atoms with Gasteiger partial charge >= 0.3 is 0 Å². The van der Waals surface area contributed by atoms with Gasteiger partial charge in [0.05, 0.1) is 0 Å². The van der Waals surface area contributed by atoms with Crippen molar-refractivity contribution in [2.24, 2.45) is 17.8 Å². The zero-order valence-electron chi connectivity index (χ0n) is 15.1. The average molecular weight is 334 g/mol. The topological polar surface area (TPSA) is 41.1 Å². The highest BCUT2D eigenvalue weighted by atomic mass is 19.1. The minimum Gasteiger partial charge on any atom is -0.353 e. The molecule has 3 nitrogen and oxygen atoms in total. The molecule has 0 aliphatic carbocycles. The van der Waals surface area contributed by atoms with E-state index in [2.05, 4.69) is 31.4 Å². The van der Waals surface area contributed by atoms with E-state index < -0.39 is 0 Å². The lowest BCUT2D eigenvalue weighted by Crippen LogP contribution is -2.42. The lowest BCUT2D eigenvalue weighted by molar-refractivity contribution is -0.123. The Morgan fingerprint density at radius 2 is 2.00 bits per heavy atom.